The summed E-state index contributed by atoms with van der Waals surface area (Å²) in [5.74, 6) is -0.335. The van der Waals surface area contributed by atoms with Crippen LogP contribution in [0.25, 0.3) is 0 Å². The van der Waals surface area contributed by atoms with E-state index in [1.807, 2.05) is 47.2 Å². The van der Waals surface area contributed by atoms with Gasteiger partial charge in [0.1, 0.15) is 0 Å². The van der Waals surface area contributed by atoms with Crippen molar-refractivity contribution in [3.63, 3.8) is 0 Å². The second-order valence-corrected chi connectivity index (χ2v) is 8.40. The minimum absolute atomic E-state index is 0.0823. The Morgan fingerprint density at radius 2 is 1.86 bits per heavy atom. The van der Waals surface area contributed by atoms with Crippen molar-refractivity contribution in [3.8, 4) is 0 Å². The highest BCUT2D eigenvalue weighted by Crippen LogP contribution is 2.25. The molecule has 1 fully saturated rings. The van der Waals surface area contributed by atoms with E-state index < -0.39 is 10.0 Å². The number of morpholine rings is 1. The number of carbonyl (C=O) groups is 1. The smallest absolute Gasteiger partial charge is 0.253 e. The molecule has 1 saturated heterocycles. The summed E-state index contributed by atoms with van der Waals surface area (Å²) in [5.41, 5.74) is 2.02. The Morgan fingerprint density at radius 1 is 1.17 bits per heavy atom. The molecule has 1 heterocycles. The number of likely N-dealkylation sites (N-methyl/N-ethyl adjacent to an activating group) is 1. The van der Waals surface area contributed by atoms with Crippen LogP contribution < -0.4 is 20.3 Å². The molecule has 0 aliphatic carbocycles. The molecule has 0 saturated carbocycles. The van der Waals surface area contributed by atoms with Gasteiger partial charge in [0.25, 0.3) is 5.91 Å². The van der Waals surface area contributed by atoms with Crippen molar-refractivity contribution in [2.45, 2.75) is 4.90 Å². The Labute approximate surface area is 171 Å². The van der Waals surface area contributed by atoms with Crippen LogP contribution in [0.15, 0.2) is 53.4 Å². The van der Waals surface area contributed by atoms with Crippen molar-refractivity contribution in [1.82, 2.24) is 5.32 Å². The van der Waals surface area contributed by atoms with Gasteiger partial charge < -0.3 is 19.9 Å². The van der Waals surface area contributed by atoms with Crippen LogP contribution in [0.4, 0.5) is 11.4 Å². The Hall–Kier alpha value is -2.62. The van der Waals surface area contributed by atoms with Gasteiger partial charge in [-0.2, -0.15) is 0 Å². The number of amides is 1. The van der Waals surface area contributed by atoms with E-state index in [0.29, 0.717) is 50.6 Å². The summed E-state index contributed by atoms with van der Waals surface area (Å²) in [7, 11) is -1.96. The van der Waals surface area contributed by atoms with Gasteiger partial charge in [0, 0.05) is 44.6 Å². The molecule has 8 nitrogen and oxygen atoms in total. The van der Waals surface area contributed by atoms with E-state index in [2.05, 4.69) is 5.32 Å². The largest absolute Gasteiger partial charge is 0.378 e. The van der Waals surface area contributed by atoms with Gasteiger partial charge in [-0.25, -0.2) is 13.6 Å². The van der Waals surface area contributed by atoms with E-state index in [-0.39, 0.29) is 10.8 Å². The number of nitrogens with zero attached hydrogens (tertiary/aromatic N) is 2. The van der Waals surface area contributed by atoms with Crippen molar-refractivity contribution in [1.29, 1.82) is 0 Å². The SMILES string of the molecule is CN(CCNC(=O)c1cc(S(N)(=O)=O)ccc1N1CCOCC1)c1ccccc1. The van der Waals surface area contributed by atoms with E-state index in [1.165, 1.54) is 12.1 Å². The monoisotopic (exact) mass is 418 g/mol. The Balaban J connectivity index is 1.74. The van der Waals surface area contributed by atoms with Crippen LogP contribution in [0.3, 0.4) is 0 Å². The third-order valence-electron chi connectivity index (χ3n) is 4.82. The van der Waals surface area contributed by atoms with E-state index in [1.54, 1.807) is 6.07 Å². The number of benzene rings is 2. The molecule has 9 heteroatoms. The van der Waals surface area contributed by atoms with Crippen molar-refractivity contribution >= 4 is 27.3 Å². The second kappa shape index (κ2) is 9.25. The molecule has 0 aromatic heterocycles. The van der Waals surface area contributed by atoms with Crippen molar-refractivity contribution in [2.24, 2.45) is 5.14 Å². The molecular weight excluding hydrogens is 392 g/mol. The first-order chi connectivity index (χ1) is 13.9. The summed E-state index contributed by atoms with van der Waals surface area (Å²) in [6, 6.07) is 14.3. The number of carbonyl (C=O) groups excluding carboxylic acids is 1. The van der Waals surface area contributed by atoms with Gasteiger partial charge in [0.15, 0.2) is 0 Å². The maximum absolute atomic E-state index is 12.9. The fourth-order valence-corrected chi connectivity index (χ4v) is 3.74. The number of nitrogens with two attached hydrogens (primary N) is 1. The zero-order valence-electron chi connectivity index (χ0n) is 16.4. The first-order valence-corrected chi connectivity index (χ1v) is 10.9. The molecule has 0 radical (unpaired) electrons. The fraction of sp³-hybridized carbons (Fsp3) is 0.350. The maximum Gasteiger partial charge on any atom is 0.253 e. The molecule has 0 bridgehead atoms. The number of rotatable bonds is 7. The van der Waals surface area contributed by atoms with E-state index in [4.69, 9.17) is 9.88 Å². The lowest BCUT2D eigenvalue weighted by Crippen LogP contribution is -2.39. The van der Waals surface area contributed by atoms with Gasteiger partial charge >= 0.3 is 0 Å². The maximum atomic E-state index is 12.9. The number of hydrogen-bond donors (Lipinski definition) is 2. The summed E-state index contributed by atoms with van der Waals surface area (Å²) in [6.07, 6.45) is 0. The van der Waals surface area contributed by atoms with E-state index in [0.717, 1.165) is 5.69 Å². The topological polar surface area (TPSA) is 105 Å². The van der Waals surface area contributed by atoms with E-state index in [9.17, 15) is 13.2 Å². The fourth-order valence-electron chi connectivity index (χ4n) is 3.20. The van der Waals surface area contributed by atoms with Gasteiger partial charge in [-0.3, -0.25) is 4.79 Å². The summed E-state index contributed by atoms with van der Waals surface area (Å²) in [5, 5.41) is 8.14. The number of primary sulfonamides is 1. The molecule has 1 amide bonds. The van der Waals surface area contributed by atoms with Crippen LogP contribution in [-0.4, -0.2) is 60.8 Å². The summed E-state index contributed by atoms with van der Waals surface area (Å²) < 4.78 is 28.9. The molecular formula is C20H26N4O4S. The minimum atomic E-state index is -3.91. The highest BCUT2D eigenvalue weighted by Gasteiger charge is 2.21. The zero-order chi connectivity index (χ0) is 20.9. The van der Waals surface area contributed by atoms with Crippen LogP contribution in [0.2, 0.25) is 0 Å². The van der Waals surface area contributed by atoms with Crippen molar-refractivity contribution < 1.29 is 17.9 Å². The Bertz CT molecular complexity index is 944. The lowest BCUT2D eigenvalue weighted by Gasteiger charge is -2.30. The minimum Gasteiger partial charge on any atom is -0.378 e. The number of anilines is 2. The second-order valence-electron chi connectivity index (χ2n) is 6.84. The molecule has 2 aromatic carbocycles. The molecule has 3 N–H and O–H groups in total. The number of para-hydroxylation sites is 1. The van der Waals surface area contributed by atoms with Gasteiger partial charge in [-0.05, 0) is 30.3 Å². The highest BCUT2D eigenvalue weighted by molar-refractivity contribution is 7.89. The number of ether oxygens (including phenoxy) is 1. The molecule has 156 valence electrons. The normalized spacial score (nSPS) is 14.5. The molecule has 1 aliphatic rings. The summed E-state index contributed by atoms with van der Waals surface area (Å²) in [6.45, 7) is 3.39. The quantitative estimate of drug-likeness (QED) is 0.696. The molecule has 29 heavy (non-hydrogen) atoms. The van der Waals surface area contributed by atoms with Gasteiger partial charge in [0.05, 0.1) is 23.7 Å². The summed E-state index contributed by atoms with van der Waals surface area (Å²) in [4.78, 5) is 16.8. The molecule has 2 aromatic rings. The molecule has 3 rings (SSSR count). The Morgan fingerprint density at radius 3 is 2.52 bits per heavy atom. The lowest BCUT2D eigenvalue weighted by molar-refractivity contribution is 0.0953. The van der Waals surface area contributed by atoms with Crippen LogP contribution in [0.1, 0.15) is 10.4 Å². The highest BCUT2D eigenvalue weighted by atomic mass is 32.2. The van der Waals surface area contributed by atoms with Crippen molar-refractivity contribution in [3.05, 3.63) is 54.1 Å². The van der Waals surface area contributed by atoms with Crippen LogP contribution in [0, 0.1) is 0 Å². The average Bonchev–Trinajstić information content (AvgIpc) is 2.73. The lowest BCUT2D eigenvalue weighted by atomic mass is 10.1. The zero-order valence-corrected chi connectivity index (χ0v) is 17.2. The number of sulfonamides is 1. The number of nitrogens with one attached hydrogen (secondary N) is 1. The Kier molecular flexibility index (Phi) is 6.73. The van der Waals surface area contributed by atoms with Gasteiger partial charge in [0.2, 0.25) is 10.0 Å². The average molecular weight is 419 g/mol. The van der Waals surface area contributed by atoms with Gasteiger partial charge in [-0.15, -0.1) is 0 Å². The first kappa shape index (κ1) is 21.1. The number of hydrogen-bond acceptors (Lipinski definition) is 6. The predicted molar refractivity (Wildman–Crippen MR) is 113 cm³/mol. The standard InChI is InChI=1S/C20H26N4O4S/c1-23(16-5-3-2-4-6-16)10-9-22-20(25)18-15-17(29(21,26)27)7-8-19(18)24-11-13-28-14-12-24/h2-8,15H,9-14H2,1H3,(H,22,25)(H2,21,26,27). The summed E-state index contributed by atoms with van der Waals surface area (Å²) >= 11 is 0. The van der Waals surface area contributed by atoms with Crippen molar-refractivity contribution in [2.75, 3.05) is 56.2 Å². The molecule has 0 spiro atoms. The van der Waals surface area contributed by atoms with Crippen LogP contribution >= 0.6 is 0 Å². The molecule has 1 aliphatic heterocycles. The molecule has 0 unspecified atom stereocenters. The first-order valence-electron chi connectivity index (χ1n) is 9.40. The van der Waals surface area contributed by atoms with Gasteiger partial charge in [-0.1, -0.05) is 18.2 Å². The third kappa shape index (κ3) is 5.47. The third-order valence-corrected chi connectivity index (χ3v) is 5.73. The van der Waals surface area contributed by atoms with Crippen LogP contribution in [0.5, 0.6) is 0 Å². The van der Waals surface area contributed by atoms with E-state index >= 15 is 0 Å². The molecule has 0 atom stereocenters. The predicted octanol–water partition coefficient (Wildman–Crippen LogP) is 1.04. The van der Waals surface area contributed by atoms with Crippen LogP contribution in [-0.2, 0) is 14.8 Å².